The average Bonchev–Trinajstić information content (AvgIpc) is 3.17. The van der Waals surface area contributed by atoms with Crippen molar-refractivity contribution in [2.24, 2.45) is 5.11 Å². The highest BCUT2D eigenvalue weighted by atomic mass is 19.4. The molecule has 0 amide bonds. The lowest BCUT2D eigenvalue weighted by molar-refractivity contribution is -0.672. The molecule has 31 heteroatoms. The lowest BCUT2D eigenvalue weighted by Gasteiger charge is -2.46. The quantitative estimate of drug-likeness (QED) is 0.0274. The number of nitrogens with zero attached hydrogens (tertiary/aromatic N) is 5. The third-order valence-corrected chi connectivity index (χ3v) is 12.0. The van der Waals surface area contributed by atoms with Gasteiger partial charge < -0.3 is 0 Å². The standard InChI is InChI=1S/C32H12BF24.C18H14N5O/c34-25(35,36)13-1-14(26(37,38)39)6-21(5-13)33(22-7-15(27(40,41)42)2-16(8-22)28(43,44)45,23-9-17(29(46,47)48)3-18(10-23)30(49,50)51)24-11-19(31(52,53)54)4-20(12-24)32(55,56)57;19-22-21-16-8-4-7-15(11-16)17-12-20-9-10-23(17)13-18(24)14-5-2-1-3-6-14/h1-12H;1-12H,13H2/q-1;+1. The molecule has 0 N–H and O–H groups in total. The number of Topliss-reactive ketones (excluding diaryl/α,β-unsaturated/α-hetero) is 1. The molecule has 6 nitrogen and oxygen atoms in total. The molecular formula is C50H26BF24N5O. The van der Waals surface area contributed by atoms with E-state index in [4.69, 9.17) is 5.53 Å². The smallest absolute Gasteiger partial charge is 0.287 e. The zero-order valence-electron chi connectivity index (χ0n) is 39.4. The molecule has 0 radical (unpaired) electrons. The van der Waals surface area contributed by atoms with E-state index >= 15 is 0 Å². The minimum Gasteiger partial charge on any atom is -0.287 e. The number of hydrogen-bond acceptors (Lipinski definition) is 3. The van der Waals surface area contributed by atoms with Gasteiger partial charge in [-0.25, -0.2) is 0 Å². The van der Waals surface area contributed by atoms with Crippen molar-refractivity contribution in [2.75, 3.05) is 0 Å². The lowest BCUT2D eigenvalue weighted by atomic mass is 9.12. The largest absolute Gasteiger partial charge is 0.416 e. The summed E-state index contributed by atoms with van der Waals surface area (Å²) in [5.41, 5.74) is -18.8. The van der Waals surface area contributed by atoms with Crippen molar-refractivity contribution in [2.45, 2.75) is 56.0 Å². The minimum absolute atomic E-state index is 0.0132. The molecule has 1 heterocycles. The predicted octanol–water partition coefficient (Wildman–Crippen LogP) is 15.1. The first kappa shape index (κ1) is 62.0. The molecule has 0 unspecified atom stereocenters. The summed E-state index contributed by atoms with van der Waals surface area (Å²) in [4.78, 5) is 19.4. The lowest BCUT2D eigenvalue weighted by Crippen LogP contribution is -2.75. The van der Waals surface area contributed by atoms with Gasteiger partial charge >= 0.3 is 49.4 Å². The normalized spacial score (nSPS) is 13.0. The summed E-state index contributed by atoms with van der Waals surface area (Å²) in [6.45, 7) is 0.202. The minimum atomic E-state index is -6.13. The molecule has 6 aromatic carbocycles. The Bertz CT molecular complexity index is 3060. The van der Waals surface area contributed by atoms with Gasteiger partial charge in [0.25, 0.3) is 0 Å². The van der Waals surface area contributed by atoms with Gasteiger partial charge in [0.1, 0.15) is 6.15 Å². The number of rotatable bonds is 9. The zero-order chi connectivity index (χ0) is 60.7. The van der Waals surface area contributed by atoms with E-state index in [-0.39, 0.29) is 12.3 Å². The first-order chi connectivity index (χ1) is 37.0. The van der Waals surface area contributed by atoms with E-state index in [0.29, 0.717) is 11.3 Å². The van der Waals surface area contributed by atoms with Crippen LogP contribution < -0.4 is 26.4 Å². The maximum absolute atomic E-state index is 14.2. The summed E-state index contributed by atoms with van der Waals surface area (Å²) < 4.78 is 343. The van der Waals surface area contributed by atoms with Crippen LogP contribution in [0.4, 0.5) is 111 Å². The molecule has 7 rings (SSSR count). The number of carbonyl (C=O) groups is 1. The maximum atomic E-state index is 14.2. The number of halogens is 24. The van der Waals surface area contributed by atoms with E-state index in [2.05, 4.69) is 15.0 Å². The second-order valence-electron chi connectivity index (χ2n) is 17.3. The van der Waals surface area contributed by atoms with Gasteiger partial charge in [0.15, 0.2) is 6.20 Å². The Balaban J connectivity index is 0.000000363. The van der Waals surface area contributed by atoms with Gasteiger partial charge in [-0.2, -0.15) is 132 Å². The topological polar surface area (TPSA) is 82.6 Å². The van der Waals surface area contributed by atoms with Crippen LogP contribution in [0.15, 0.2) is 151 Å². The fourth-order valence-electron chi connectivity index (χ4n) is 8.49. The molecule has 428 valence electrons. The molecule has 0 bridgehead atoms. The Morgan fingerprint density at radius 1 is 0.444 bits per heavy atom. The van der Waals surface area contributed by atoms with E-state index in [1.54, 1.807) is 48.9 Å². The first-order valence-electron chi connectivity index (χ1n) is 22.0. The van der Waals surface area contributed by atoms with Crippen molar-refractivity contribution in [1.82, 2.24) is 4.98 Å². The Labute approximate surface area is 437 Å². The predicted molar refractivity (Wildman–Crippen MR) is 240 cm³/mol. The van der Waals surface area contributed by atoms with E-state index in [9.17, 15) is 110 Å². The summed E-state index contributed by atoms with van der Waals surface area (Å²) >= 11 is 0. The Morgan fingerprint density at radius 3 is 1.06 bits per heavy atom. The monoisotopic (exact) mass is 1180 g/mol. The number of azide groups is 1. The van der Waals surface area contributed by atoms with Crippen LogP contribution in [0.5, 0.6) is 0 Å². The van der Waals surface area contributed by atoms with Gasteiger partial charge in [0, 0.05) is 21.7 Å². The van der Waals surface area contributed by atoms with Gasteiger partial charge in [-0.1, -0.05) is 96.1 Å². The molecule has 0 aliphatic rings. The number of hydrogen-bond donors (Lipinski definition) is 0. The Hall–Kier alpha value is -8.24. The van der Waals surface area contributed by atoms with Crippen LogP contribution in [0.25, 0.3) is 21.7 Å². The molecule has 1 aromatic heterocycles. The fraction of sp³-hybridized carbons (Fsp3) is 0.180. The van der Waals surface area contributed by atoms with Crippen LogP contribution in [-0.2, 0) is 56.0 Å². The SMILES string of the molecule is FC(F)(F)c1cc([B-](c2cc(C(F)(F)F)cc(C(F)(F)F)c2)(c2cc(C(F)(F)F)cc(C(F)(F)F)c2)c2cc(C(F)(F)F)cc(C(F)(F)F)c2)cc(C(F)(F)F)c1.[N-]=[N+]=Nc1cccc(-c2cncc[n+]2CC(=O)c2ccccc2)c1. The third kappa shape index (κ3) is 14.4. The third-order valence-electron chi connectivity index (χ3n) is 12.0. The van der Waals surface area contributed by atoms with E-state index < -0.39 is 195 Å². The van der Waals surface area contributed by atoms with Crippen molar-refractivity contribution >= 4 is 39.5 Å². The van der Waals surface area contributed by atoms with E-state index in [0.717, 1.165) is 11.3 Å². The summed E-state index contributed by atoms with van der Waals surface area (Å²) in [7, 11) is 0. The van der Waals surface area contributed by atoms with E-state index in [1.165, 1.54) is 0 Å². The highest BCUT2D eigenvalue weighted by Crippen LogP contribution is 2.41. The van der Waals surface area contributed by atoms with Crippen LogP contribution in [0.1, 0.15) is 54.9 Å². The fourth-order valence-corrected chi connectivity index (χ4v) is 8.49. The second kappa shape index (κ2) is 22.0. The molecule has 0 spiro atoms. The van der Waals surface area contributed by atoms with Crippen molar-refractivity contribution in [1.29, 1.82) is 0 Å². The highest BCUT2D eigenvalue weighted by molar-refractivity contribution is 7.20. The number of carbonyl (C=O) groups excluding carboxylic acids is 1. The number of benzene rings is 6. The molecule has 0 aliphatic carbocycles. The van der Waals surface area contributed by atoms with E-state index in [1.807, 2.05) is 28.8 Å². The molecule has 0 saturated heterocycles. The van der Waals surface area contributed by atoms with Crippen LogP contribution >= 0.6 is 0 Å². The van der Waals surface area contributed by atoms with Gasteiger partial charge in [0.05, 0.1) is 56.9 Å². The number of ketones is 1. The van der Waals surface area contributed by atoms with Gasteiger partial charge in [-0.15, -0.1) is 0 Å². The molecular weight excluding hydrogens is 1150 g/mol. The molecule has 0 aliphatic heterocycles. The Kier molecular flexibility index (Phi) is 16.8. The van der Waals surface area contributed by atoms with Gasteiger partial charge in [-0.3, -0.25) is 9.78 Å². The van der Waals surface area contributed by atoms with Crippen LogP contribution in [0.3, 0.4) is 0 Å². The zero-order valence-corrected chi connectivity index (χ0v) is 39.4. The molecule has 7 aromatic rings. The molecule has 0 saturated carbocycles. The number of alkyl halides is 24. The van der Waals surface area contributed by atoms with Crippen molar-refractivity contribution in [3.8, 4) is 11.3 Å². The molecule has 0 fully saturated rings. The van der Waals surface area contributed by atoms with Crippen molar-refractivity contribution in [3.63, 3.8) is 0 Å². The van der Waals surface area contributed by atoms with Crippen LogP contribution in [-0.4, -0.2) is 16.9 Å². The highest BCUT2D eigenvalue weighted by Gasteiger charge is 2.47. The average molecular weight is 1180 g/mol. The van der Waals surface area contributed by atoms with Crippen LogP contribution in [0.2, 0.25) is 0 Å². The van der Waals surface area contributed by atoms with Crippen molar-refractivity contribution < 1.29 is 115 Å². The van der Waals surface area contributed by atoms with Gasteiger partial charge in [-0.05, 0) is 41.9 Å². The summed E-state index contributed by atoms with van der Waals surface area (Å²) in [5.74, 6) is 0.0132. The van der Waals surface area contributed by atoms with Crippen LogP contribution in [0, 0.1) is 0 Å². The van der Waals surface area contributed by atoms with Crippen molar-refractivity contribution in [3.05, 3.63) is 206 Å². The first-order valence-corrected chi connectivity index (χ1v) is 22.0. The summed E-state index contributed by atoms with van der Waals surface area (Å²) in [5, 5.41) is 3.61. The number of aromatic nitrogens is 2. The van der Waals surface area contributed by atoms with Gasteiger partial charge in [0.2, 0.25) is 18.0 Å². The Morgan fingerprint density at radius 2 is 0.765 bits per heavy atom. The molecule has 0 atom stereocenters. The second-order valence-corrected chi connectivity index (χ2v) is 17.3. The maximum Gasteiger partial charge on any atom is 0.416 e. The summed E-state index contributed by atoms with van der Waals surface area (Å²) in [6.07, 6.45) is -49.7. The molecule has 81 heavy (non-hydrogen) atoms. The summed E-state index contributed by atoms with van der Waals surface area (Å²) in [6, 6.07) is 7.52.